The number of hydrogen-bond donors (Lipinski definition) is 0. The molecule has 1 aliphatic carbocycles. The van der Waals surface area contributed by atoms with Crippen molar-refractivity contribution in [3.05, 3.63) is 30.1 Å². The molecule has 3 atom stereocenters. The van der Waals surface area contributed by atoms with Crippen LogP contribution in [0.25, 0.3) is 11.0 Å². The Morgan fingerprint density at radius 1 is 1.43 bits per heavy atom. The van der Waals surface area contributed by atoms with Crippen LogP contribution in [0.5, 0.6) is 0 Å². The fraction of sp³-hybridized carbons (Fsp3) is 0.556. The topological polar surface area (TPSA) is 53.4 Å². The van der Waals surface area contributed by atoms with Gasteiger partial charge in [0.05, 0.1) is 29.0 Å². The predicted octanol–water partition coefficient (Wildman–Crippen LogP) is 2.93. The fourth-order valence-corrected chi connectivity index (χ4v) is 4.16. The highest BCUT2D eigenvalue weighted by atomic mass is 16.6. The molecule has 2 heterocycles. The molecule has 0 N–H and O–H groups in total. The molecular weight excluding hydrogens is 292 g/mol. The zero-order chi connectivity index (χ0) is 16.2. The summed E-state index contributed by atoms with van der Waals surface area (Å²) in [5, 5.41) is 0. The number of fused-ring (bicyclic) bond motifs is 2. The van der Waals surface area contributed by atoms with Crippen molar-refractivity contribution in [1.29, 1.82) is 0 Å². The molecular formula is C18H22N2O3. The van der Waals surface area contributed by atoms with Crippen LogP contribution in [0.4, 0.5) is 0 Å². The van der Waals surface area contributed by atoms with Crippen LogP contribution >= 0.6 is 0 Å². The first kappa shape index (κ1) is 14.7. The number of ether oxygens (including phenoxy) is 2. The van der Waals surface area contributed by atoms with Crippen LogP contribution in [0.3, 0.4) is 0 Å². The first-order valence-electron chi connectivity index (χ1n) is 8.22. The maximum atomic E-state index is 12.6. The van der Waals surface area contributed by atoms with Gasteiger partial charge < -0.3 is 14.0 Å². The van der Waals surface area contributed by atoms with Gasteiger partial charge in [0.2, 0.25) is 0 Å². The van der Waals surface area contributed by atoms with Crippen LogP contribution in [0.1, 0.15) is 37.0 Å². The van der Waals surface area contributed by atoms with Crippen LogP contribution in [-0.2, 0) is 16.5 Å². The second-order valence-electron chi connectivity index (χ2n) is 7.30. The van der Waals surface area contributed by atoms with Crippen molar-refractivity contribution in [3.63, 3.8) is 0 Å². The van der Waals surface area contributed by atoms with Gasteiger partial charge in [-0.05, 0) is 31.0 Å². The monoisotopic (exact) mass is 314 g/mol. The number of imidazole rings is 1. The Hall–Kier alpha value is -1.88. The summed E-state index contributed by atoms with van der Waals surface area (Å²) in [4.78, 5) is 16.9. The molecule has 1 saturated carbocycles. The number of rotatable bonds is 2. The minimum absolute atomic E-state index is 0.0697. The number of aromatic nitrogens is 2. The number of hydrogen-bond acceptors (Lipinski definition) is 4. The summed E-state index contributed by atoms with van der Waals surface area (Å²) in [6.45, 7) is 5.07. The van der Waals surface area contributed by atoms with Crippen LogP contribution in [-0.4, -0.2) is 34.3 Å². The van der Waals surface area contributed by atoms with Crippen molar-refractivity contribution in [2.75, 3.05) is 6.61 Å². The van der Waals surface area contributed by atoms with Gasteiger partial charge in [0.15, 0.2) is 0 Å². The Labute approximate surface area is 135 Å². The van der Waals surface area contributed by atoms with Gasteiger partial charge in [-0.2, -0.15) is 0 Å². The highest BCUT2D eigenvalue weighted by molar-refractivity contribution is 5.93. The van der Waals surface area contributed by atoms with E-state index in [0.29, 0.717) is 11.5 Å². The smallest absolute Gasteiger partial charge is 0.338 e. The zero-order valence-electron chi connectivity index (χ0n) is 13.8. The molecule has 5 nitrogen and oxygen atoms in total. The fourth-order valence-electron chi connectivity index (χ4n) is 4.16. The summed E-state index contributed by atoms with van der Waals surface area (Å²) >= 11 is 0. The average molecular weight is 314 g/mol. The predicted molar refractivity (Wildman–Crippen MR) is 86.2 cm³/mol. The third-order valence-electron chi connectivity index (χ3n) is 5.42. The lowest BCUT2D eigenvalue weighted by molar-refractivity contribution is -0.243. The molecule has 122 valence electrons. The summed E-state index contributed by atoms with van der Waals surface area (Å²) < 4.78 is 13.7. The van der Waals surface area contributed by atoms with Gasteiger partial charge in [-0.25, -0.2) is 9.78 Å². The molecule has 1 aromatic carbocycles. The van der Waals surface area contributed by atoms with Gasteiger partial charge in [0.1, 0.15) is 6.10 Å². The molecule has 2 aromatic rings. The number of carbonyl (C=O) groups is 1. The van der Waals surface area contributed by atoms with E-state index in [1.807, 2.05) is 23.7 Å². The number of carbonyl (C=O) groups excluding carboxylic acids is 1. The normalized spacial score (nSPS) is 28.9. The van der Waals surface area contributed by atoms with Crippen LogP contribution < -0.4 is 0 Å². The van der Waals surface area contributed by atoms with Crippen LogP contribution in [0.15, 0.2) is 24.5 Å². The summed E-state index contributed by atoms with van der Waals surface area (Å²) in [5.74, 6) is 0.0703. The lowest BCUT2D eigenvalue weighted by atomic mass is 9.57. The lowest BCUT2D eigenvalue weighted by Gasteiger charge is -2.58. The minimum atomic E-state index is -0.264. The van der Waals surface area contributed by atoms with E-state index in [9.17, 15) is 4.79 Å². The average Bonchev–Trinajstić information content (AvgIpc) is 2.93. The van der Waals surface area contributed by atoms with Crippen molar-refractivity contribution >= 4 is 17.0 Å². The summed E-state index contributed by atoms with van der Waals surface area (Å²) in [6.07, 6.45) is 4.02. The largest absolute Gasteiger partial charge is 0.458 e. The van der Waals surface area contributed by atoms with Gasteiger partial charge in [0.25, 0.3) is 0 Å². The third-order valence-corrected chi connectivity index (χ3v) is 5.42. The van der Waals surface area contributed by atoms with Gasteiger partial charge in [0, 0.05) is 25.0 Å². The van der Waals surface area contributed by atoms with Gasteiger partial charge in [-0.1, -0.05) is 13.8 Å². The Kier molecular flexibility index (Phi) is 3.23. The molecule has 1 saturated heterocycles. The first-order chi connectivity index (χ1) is 11.0. The Morgan fingerprint density at radius 2 is 2.26 bits per heavy atom. The second-order valence-corrected chi connectivity index (χ2v) is 7.30. The van der Waals surface area contributed by atoms with E-state index in [0.717, 1.165) is 30.5 Å². The van der Waals surface area contributed by atoms with Crippen molar-refractivity contribution in [3.8, 4) is 0 Å². The second kappa shape index (κ2) is 5.06. The van der Waals surface area contributed by atoms with E-state index in [2.05, 4.69) is 18.8 Å². The summed E-state index contributed by atoms with van der Waals surface area (Å²) in [7, 11) is 1.94. The van der Waals surface area contributed by atoms with E-state index in [1.165, 1.54) is 0 Å². The molecule has 23 heavy (non-hydrogen) atoms. The molecule has 2 aliphatic rings. The number of benzene rings is 1. The molecule has 0 radical (unpaired) electrons. The molecule has 0 unspecified atom stereocenters. The SMILES string of the molecule is Cn1cnc2cc(C(=O)O[C@@H]3[C@@H]4CCCO[C@@H]4C3(C)C)ccc21. The maximum absolute atomic E-state index is 12.6. The zero-order valence-corrected chi connectivity index (χ0v) is 13.8. The number of nitrogens with zero attached hydrogens (tertiary/aromatic N) is 2. The number of aryl methyl sites for hydroxylation is 1. The minimum Gasteiger partial charge on any atom is -0.458 e. The highest BCUT2D eigenvalue weighted by Crippen LogP contribution is 2.53. The van der Waals surface area contributed by atoms with Crippen molar-refractivity contribution in [2.24, 2.45) is 18.4 Å². The highest BCUT2D eigenvalue weighted by Gasteiger charge is 2.60. The Morgan fingerprint density at radius 3 is 3.09 bits per heavy atom. The van der Waals surface area contributed by atoms with Crippen molar-refractivity contribution < 1.29 is 14.3 Å². The number of esters is 1. The van der Waals surface area contributed by atoms with E-state index >= 15 is 0 Å². The van der Waals surface area contributed by atoms with Crippen molar-refractivity contribution in [2.45, 2.75) is 38.9 Å². The van der Waals surface area contributed by atoms with E-state index in [1.54, 1.807) is 12.4 Å². The standard InChI is InChI=1S/C18H22N2O3/c1-18(2)15-12(5-4-8-22-15)16(18)23-17(21)11-6-7-14-13(9-11)19-10-20(14)3/h6-7,9-10,12,15-16H,4-5,8H2,1-3H3/t12-,15+,16-/m1/s1. The molecule has 1 aromatic heterocycles. The molecule has 5 heteroatoms. The van der Waals surface area contributed by atoms with Gasteiger partial charge in [-0.15, -0.1) is 0 Å². The van der Waals surface area contributed by atoms with E-state index in [-0.39, 0.29) is 23.6 Å². The molecule has 1 aliphatic heterocycles. The van der Waals surface area contributed by atoms with Gasteiger partial charge in [-0.3, -0.25) is 0 Å². The van der Waals surface area contributed by atoms with E-state index in [4.69, 9.17) is 9.47 Å². The molecule has 2 fully saturated rings. The molecule has 0 amide bonds. The first-order valence-corrected chi connectivity index (χ1v) is 8.22. The van der Waals surface area contributed by atoms with Crippen LogP contribution in [0.2, 0.25) is 0 Å². The van der Waals surface area contributed by atoms with E-state index < -0.39 is 0 Å². The van der Waals surface area contributed by atoms with Crippen molar-refractivity contribution in [1.82, 2.24) is 9.55 Å². The Bertz CT molecular complexity index is 765. The maximum Gasteiger partial charge on any atom is 0.338 e. The molecule has 0 spiro atoms. The van der Waals surface area contributed by atoms with Crippen LogP contribution in [0, 0.1) is 11.3 Å². The third kappa shape index (κ3) is 2.17. The quantitative estimate of drug-likeness (QED) is 0.800. The summed E-state index contributed by atoms with van der Waals surface area (Å²) in [6, 6.07) is 5.53. The summed E-state index contributed by atoms with van der Waals surface area (Å²) in [5.41, 5.74) is 2.27. The Balaban J connectivity index is 1.54. The lowest BCUT2D eigenvalue weighted by Crippen LogP contribution is -2.65. The molecule has 0 bridgehead atoms. The molecule has 4 rings (SSSR count). The van der Waals surface area contributed by atoms with Gasteiger partial charge >= 0.3 is 5.97 Å².